The molecule has 0 spiro atoms. The highest BCUT2D eigenvalue weighted by Crippen LogP contribution is 2.11. The lowest BCUT2D eigenvalue weighted by atomic mass is 10.2. The van der Waals surface area contributed by atoms with Crippen LogP contribution in [-0.4, -0.2) is 66.9 Å². The molecule has 0 aromatic rings. The van der Waals surface area contributed by atoms with Gasteiger partial charge in [-0.1, -0.05) is 13.3 Å². The minimum atomic E-state index is -2.11. The van der Waals surface area contributed by atoms with Gasteiger partial charge in [0.2, 0.25) is 5.79 Å². The van der Waals surface area contributed by atoms with Gasteiger partial charge in [-0.25, -0.2) is 0 Å². The van der Waals surface area contributed by atoms with Crippen LogP contribution in [0.25, 0.3) is 0 Å². The zero-order chi connectivity index (χ0) is 14.9. The molecule has 0 radical (unpaired) electrons. The minimum absolute atomic E-state index is 0.191. The molecule has 0 heterocycles. The van der Waals surface area contributed by atoms with E-state index in [2.05, 4.69) is 22.9 Å². The standard InChI is InChI=1S/C12H29N3O4/c1-5-6-7-15-10(14-4)12(17,18)9-19-11(2,16)8-13-3/h10,13-18H,5-9H2,1-4H3. The molecule has 6 N–H and O–H groups in total. The Hall–Kier alpha value is -0.280. The number of rotatable bonds is 11. The van der Waals surface area contributed by atoms with E-state index in [0.717, 1.165) is 12.8 Å². The lowest BCUT2D eigenvalue weighted by Gasteiger charge is -2.34. The zero-order valence-electron chi connectivity index (χ0n) is 12.4. The monoisotopic (exact) mass is 279 g/mol. The predicted molar refractivity (Wildman–Crippen MR) is 73.4 cm³/mol. The molecule has 116 valence electrons. The SMILES string of the molecule is CCCCNC(NC)C(O)(O)COC(C)(O)CNC. The Morgan fingerprint density at radius 3 is 2.32 bits per heavy atom. The summed E-state index contributed by atoms with van der Waals surface area (Å²) in [6.07, 6.45) is 1.22. The van der Waals surface area contributed by atoms with Gasteiger partial charge in [0.05, 0.1) is 0 Å². The molecule has 0 aliphatic rings. The van der Waals surface area contributed by atoms with Crippen molar-refractivity contribution in [2.24, 2.45) is 0 Å². The van der Waals surface area contributed by atoms with E-state index in [-0.39, 0.29) is 6.54 Å². The van der Waals surface area contributed by atoms with Gasteiger partial charge < -0.3 is 30.7 Å². The first-order valence-electron chi connectivity index (χ1n) is 6.65. The Kier molecular flexibility index (Phi) is 8.67. The normalized spacial score (nSPS) is 17.2. The van der Waals surface area contributed by atoms with Crippen molar-refractivity contribution in [2.45, 2.75) is 44.4 Å². The largest absolute Gasteiger partial charge is 0.365 e. The predicted octanol–water partition coefficient (Wildman–Crippen LogP) is -1.45. The van der Waals surface area contributed by atoms with Gasteiger partial charge >= 0.3 is 0 Å². The van der Waals surface area contributed by atoms with Crippen molar-refractivity contribution < 1.29 is 20.1 Å². The summed E-state index contributed by atoms with van der Waals surface area (Å²) in [6.45, 7) is 3.96. The minimum Gasteiger partial charge on any atom is -0.365 e. The summed E-state index contributed by atoms with van der Waals surface area (Å²) in [4.78, 5) is 0. The molecular weight excluding hydrogens is 250 g/mol. The molecule has 0 aromatic heterocycles. The van der Waals surface area contributed by atoms with Crippen molar-refractivity contribution in [2.75, 3.05) is 33.8 Å². The second-order valence-corrected chi connectivity index (χ2v) is 4.90. The average molecular weight is 279 g/mol. The van der Waals surface area contributed by atoms with Gasteiger partial charge in [0.25, 0.3) is 0 Å². The van der Waals surface area contributed by atoms with Gasteiger partial charge in [0, 0.05) is 6.54 Å². The van der Waals surface area contributed by atoms with Crippen LogP contribution in [0.5, 0.6) is 0 Å². The topological polar surface area (TPSA) is 106 Å². The molecule has 7 heteroatoms. The summed E-state index contributed by atoms with van der Waals surface area (Å²) >= 11 is 0. The van der Waals surface area contributed by atoms with E-state index < -0.39 is 24.3 Å². The van der Waals surface area contributed by atoms with Crippen molar-refractivity contribution in [3.63, 3.8) is 0 Å². The fourth-order valence-corrected chi connectivity index (χ4v) is 1.64. The highest BCUT2D eigenvalue weighted by Gasteiger charge is 2.36. The van der Waals surface area contributed by atoms with E-state index in [1.807, 2.05) is 0 Å². The number of hydrogen-bond acceptors (Lipinski definition) is 7. The maximum Gasteiger partial charge on any atom is 0.216 e. The van der Waals surface area contributed by atoms with Crippen LogP contribution in [0.1, 0.15) is 26.7 Å². The Balaban J connectivity index is 4.31. The molecule has 7 nitrogen and oxygen atoms in total. The van der Waals surface area contributed by atoms with Crippen LogP contribution in [0.3, 0.4) is 0 Å². The summed E-state index contributed by atoms with van der Waals surface area (Å²) in [6, 6.07) is 0. The first-order chi connectivity index (χ1) is 8.79. The summed E-state index contributed by atoms with van der Waals surface area (Å²) in [7, 11) is 3.29. The molecule has 0 aromatic carbocycles. The second kappa shape index (κ2) is 8.80. The molecule has 0 aliphatic carbocycles. The zero-order valence-corrected chi connectivity index (χ0v) is 12.4. The van der Waals surface area contributed by atoms with E-state index in [9.17, 15) is 15.3 Å². The molecule has 0 saturated heterocycles. The van der Waals surface area contributed by atoms with Crippen LogP contribution in [0.2, 0.25) is 0 Å². The van der Waals surface area contributed by atoms with Crippen LogP contribution in [0, 0.1) is 0 Å². The van der Waals surface area contributed by atoms with Crippen LogP contribution in [0.15, 0.2) is 0 Å². The summed E-state index contributed by atoms with van der Waals surface area (Å²) in [5, 5.41) is 38.3. The molecule has 0 amide bonds. The quantitative estimate of drug-likeness (QED) is 0.203. The summed E-state index contributed by atoms with van der Waals surface area (Å²) < 4.78 is 5.14. The van der Waals surface area contributed by atoms with E-state index in [4.69, 9.17) is 4.74 Å². The fourth-order valence-electron chi connectivity index (χ4n) is 1.64. The van der Waals surface area contributed by atoms with Crippen LogP contribution >= 0.6 is 0 Å². The summed E-state index contributed by atoms with van der Waals surface area (Å²) in [5.41, 5.74) is 0. The summed E-state index contributed by atoms with van der Waals surface area (Å²) in [5.74, 6) is -3.56. The molecule has 0 fully saturated rings. The molecule has 19 heavy (non-hydrogen) atoms. The lowest BCUT2D eigenvalue weighted by molar-refractivity contribution is -0.276. The van der Waals surface area contributed by atoms with Crippen molar-refractivity contribution in [3.05, 3.63) is 0 Å². The van der Waals surface area contributed by atoms with Crippen molar-refractivity contribution in [1.82, 2.24) is 16.0 Å². The number of aliphatic hydroxyl groups is 3. The number of hydrogen-bond donors (Lipinski definition) is 6. The Labute approximate surface area is 115 Å². The highest BCUT2D eigenvalue weighted by atomic mass is 16.6. The molecule has 0 rings (SSSR count). The molecule has 2 unspecified atom stereocenters. The van der Waals surface area contributed by atoms with Gasteiger partial charge in [-0.05, 0) is 34.0 Å². The number of unbranched alkanes of at least 4 members (excludes halogenated alkanes) is 1. The molecule has 2 atom stereocenters. The lowest BCUT2D eigenvalue weighted by Crippen LogP contribution is -2.61. The first-order valence-corrected chi connectivity index (χ1v) is 6.65. The van der Waals surface area contributed by atoms with Crippen molar-refractivity contribution in [3.8, 4) is 0 Å². The van der Waals surface area contributed by atoms with E-state index in [1.54, 1.807) is 14.1 Å². The Bertz CT molecular complexity index is 237. The van der Waals surface area contributed by atoms with E-state index in [1.165, 1.54) is 6.92 Å². The van der Waals surface area contributed by atoms with Gasteiger partial charge in [-0.2, -0.15) is 0 Å². The average Bonchev–Trinajstić information content (AvgIpc) is 2.32. The molecule has 0 saturated carbocycles. The van der Waals surface area contributed by atoms with Gasteiger partial charge in [-0.3, -0.25) is 5.32 Å². The first kappa shape index (κ1) is 18.7. The van der Waals surface area contributed by atoms with Crippen molar-refractivity contribution >= 4 is 0 Å². The maximum atomic E-state index is 9.98. The van der Waals surface area contributed by atoms with Gasteiger partial charge in [0.15, 0.2) is 5.79 Å². The van der Waals surface area contributed by atoms with E-state index >= 15 is 0 Å². The van der Waals surface area contributed by atoms with Crippen LogP contribution < -0.4 is 16.0 Å². The molecule has 0 aliphatic heterocycles. The second-order valence-electron chi connectivity index (χ2n) is 4.90. The van der Waals surface area contributed by atoms with E-state index in [0.29, 0.717) is 6.54 Å². The van der Waals surface area contributed by atoms with Gasteiger partial charge in [0.1, 0.15) is 12.8 Å². The van der Waals surface area contributed by atoms with Crippen LogP contribution in [-0.2, 0) is 4.74 Å². The maximum absolute atomic E-state index is 9.98. The molecular formula is C12H29N3O4. The van der Waals surface area contributed by atoms with Gasteiger partial charge in [-0.15, -0.1) is 0 Å². The Morgan fingerprint density at radius 1 is 1.21 bits per heavy atom. The number of ether oxygens (including phenoxy) is 1. The third kappa shape index (κ3) is 7.78. The Morgan fingerprint density at radius 2 is 1.84 bits per heavy atom. The number of nitrogens with one attached hydrogen (secondary N) is 3. The number of likely N-dealkylation sites (N-methyl/N-ethyl adjacent to an activating group) is 2. The third-order valence-electron chi connectivity index (χ3n) is 2.73. The molecule has 0 bridgehead atoms. The fraction of sp³-hybridized carbons (Fsp3) is 1.00. The smallest absolute Gasteiger partial charge is 0.216 e. The highest BCUT2D eigenvalue weighted by molar-refractivity contribution is 4.80. The van der Waals surface area contributed by atoms with Crippen molar-refractivity contribution in [1.29, 1.82) is 0 Å². The van der Waals surface area contributed by atoms with Crippen LogP contribution in [0.4, 0.5) is 0 Å². The third-order valence-corrected chi connectivity index (χ3v) is 2.73.